The van der Waals surface area contributed by atoms with Crippen LogP contribution in [0.3, 0.4) is 0 Å². The molecule has 0 aromatic heterocycles. The number of hydrogen-bond donors (Lipinski definition) is 0. The molecule has 0 radical (unpaired) electrons. The minimum atomic E-state index is -0.340. The summed E-state index contributed by atoms with van der Waals surface area (Å²) in [5.41, 5.74) is 4.79. The van der Waals surface area contributed by atoms with Gasteiger partial charge >= 0.3 is 5.97 Å². The predicted molar refractivity (Wildman–Crippen MR) is 121 cm³/mol. The van der Waals surface area contributed by atoms with Gasteiger partial charge in [0.05, 0.1) is 37.6 Å². The number of aliphatic imine (C=N–C) groups is 1. The molecule has 4 rings (SSSR count). The van der Waals surface area contributed by atoms with Gasteiger partial charge < -0.3 is 19.1 Å². The molecule has 0 N–H and O–H groups in total. The summed E-state index contributed by atoms with van der Waals surface area (Å²) in [6.07, 6.45) is 1.02. The van der Waals surface area contributed by atoms with Crippen molar-refractivity contribution in [1.82, 2.24) is 4.90 Å². The zero-order valence-corrected chi connectivity index (χ0v) is 18.7. The third kappa shape index (κ3) is 4.17. The van der Waals surface area contributed by atoms with Crippen LogP contribution in [0, 0.1) is 0 Å². The van der Waals surface area contributed by atoms with Crippen molar-refractivity contribution in [2.45, 2.75) is 32.2 Å². The van der Waals surface area contributed by atoms with E-state index in [-0.39, 0.29) is 12.0 Å². The second-order valence-corrected chi connectivity index (χ2v) is 8.02. The summed E-state index contributed by atoms with van der Waals surface area (Å²) < 4.78 is 16.7. The van der Waals surface area contributed by atoms with Crippen LogP contribution in [0.25, 0.3) is 0 Å². The summed E-state index contributed by atoms with van der Waals surface area (Å²) in [6, 6.07) is 11.9. The number of likely N-dealkylation sites (N-methyl/N-ethyl adjacent to an activating group) is 1. The van der Waals surface area contributed by atoms with E-state index in [9.17, 15) is 4.79 Å². The minimum Gasteiger partial charge on any atom is -0.490 e. The number of benzene rings is 2. The third-order valence-electron chi connectivity index (χ3n) is 6.02. The molecule has 0 saturated carbocycles. The highest BCUT2D eigenvalue weighted by Crippen LogP contribution is 2.42. The van der Waals surface area contributed by atoms with E-state index in [1.54, 1.807) is 12.1 Å². The second kappa shape index (κ2) is 9.10. The van der Waals surface area contributed by atoms with Gasteiger partial charge in [-0.15, -0.1) is 0 Å². The first-order chi connectivity index (χ1) is 15.0. The molecule has 6 heteroatoms. The maximum absolute atomic E-state index is 11.8. The minimum absolute atomic E-state index is 0.228. The molecule has 2 aliphatic rings. The van der Waals surface area contributed by atoms with Crippen LogP contribution in [0.1, 0.15) is 53.2 Å². The lowest BCUT2D eigenvalue weighted by molar-refractivity contribution is 0.0600. The van der Waals surface area contributed by atoms with Crippen LogP contribution in [0.5, 0.6) is 11.5 Å². The highest BCUT2D eigenvalue weighted by atomic mass is 16.5. The SMILES string of the molecule is CCOc1cc2c(cc1OCC)[C@H]1CN(C)CC[C@H]1N=C2c1ccc(C(=O)OC)cc1. The summed E-state index contributed by atoms with van der Waals surface area (Å²) >= 11 is 0. The molecule has 1 fully saturated rings. The van der Waals surface area contributed by atoms with Gasteiger partial charge in [0.1, 0.15) is 0 Å². The van der Waals surface area contributed by atoms with Crippen molar-refractivity contribution in [3.63, 3.8) is 0 Å². The molecule has 31 heavy (non-hydrogen) atoms. The van der Waals surface area contributed by atoms with E-state index in [0.717, 1.165) is 47.8 Å². The Morgan fingerprint density at radius 3 is 2.42 bits per heavy atom. The molecule has 0 amide bonds. The molecular weight excluding hydrogens is 392 g/mol. The lowest BCUT2D eigenvalue weighted by Gasteiger charge is -2.39. The van der Waals surface area contributed by atoms with Gasteiger partial charge in [0.15, 0.2) is 11.5 Å². The van der Waals surface area contributed by atoms with E-state index in [1.165, 1.54) is 12.7 Å². The smallest absolute Gasteiger partial charge is 0.337 e. The van der Waals surface area contributed by atoms with Crippen LogP contribution in [-0.2, 0) is 4.74 Å². The highest BCUT2D eigenvalue weighted by Gasteiger charge is 2.36. The zero-order chi connectivity index (χ0) is 22.0. The van der Waals surface area contributed by atoms with Crippen molar-refractivity contribution < 1.29 is 19.0 Å². The Labute approximate surface area is 183 Å². The van der Waals surface area contributed by atoms with Gasteiger partial charge in [0.25, 0.3) is 0 Å². The number of hydrogen-bond acceptors (Lipinski definition) is 6. The molecule has 0 bridgehead atoms. The molecule has 164 valence electrons. The van der Waals surface area contributed by atoms with E-state index in [2.05, 4.69) is 24.1 Å². The summed E-state index contributed by atoms with van der Waals surface area (Å²) in [5, 5.41) is 0. The first-order valence-electron chi connectivity index (χ1n) is 10.9. The monoisotopic (exact) mass is 422 g/mol. The summed E-state index contributed by atoms with van der Waals surface area (Å²) in [4.78, 5) is 19.4. The molecule has 6 nitrogen and oxygen atoms in total. The van der Waals surface area contributed by atoms with Crippen LogP contribution >= 0.6 is 0 Å². The Morgan fingerprint density at radius 1 is 1.10 bits per heavy atom. The van der Waals surface area contributed by atoms with Crippen LogP contribution in [-0.4, -0.2) is 63.1 Å². The fourth-order valence-electron chi connectivity index (χ4n) is 4.53. The van der Waals surface area contributed by atoms with Crippen molar-refractivity contribution in [3.8, 4) is 11.5 Å². The van der Waals surface area contributed by atoms with Crippen LogP contribution < -0.4 is 9.47 Å². The lowest BCUT2D eigenvalue weighted by atomic mass is 9.79. The number of ether oxygens (including phenoxy) is 3. The van der Waals surface area contributed by atoms with Crippen molar-refractivity contribution >= 4 is 11.7 Å². The molecule has 2 aliphatic heterocycles. The Bertz CT molecular complexity index is 984. The molecule has 2 heterocycles. The molecule has 2 atom stereocenters. The van der Waals surface area contributed by atoms with Crippen molar-refractivity contribution in [1.29, 1.82) is 0 Å². The third-order valence-corrected chi connectivity index (χ3v) is 6.02. The van der Waals surface area contributed by atoms with E-state index in [4.69, 9.17) is 19.2 Å². The van der Waals surface area contributed by atoms with E-state index < -0.39 is 0 Å². The molecule has 2 aromatic carbocycles. The second-order valence-electron chi connectivity index (χ2n) is 8.02. The standard InChI is InChI=1S/C25H30N2O4/c1-5-30-22-13-18-19(14-23(22)31-6-2)24(26-21-11-12-27(3)15-20(18)21)16-7-9-17(10-8-16)25(28)29-4/h7-10,13-14,20-21H,5-6,11-12,15H2,1-4H3/t20-,21-/m1/s1. The Morgan fingerprint density at radius 2 is 1.77 bits per heavy atom. The van der Waals surface area contributed by atoms with E-state index >= 15 is 0 Å². The van der Waals surface area contributed by atoms with Gasteiger partial charge in [0.2, 0.25) is 0 Å². The Kier molecular flexibility index (Phi) is 6.28. The maximum Gasteiger partial charge on any atom is 0.337 e. The maximum atomic E-state index is 11.8. The number of rotatable bonds is 6. The number of methoxy groups -OCH3 is 1. The number of piperidine rings is 1. The Hall–Kier alpha value is -2.86. The number of likely N-dealkylation sites (tertiary alicyclic amines) is 1. The highest BCUT2D eigenvalue weighted by molar-refractivity contribution is 6.15. The van der Waals surface area contributed by atoms with Crippen LogP contribution in [0.4, 0.5) is 0 Å². The number of carbonyl (C=O) groups is 1. The average molecular weight is 423 g/mol. The average Bonchev–Trinajstić information content (AvgIpc) is 2.79. The van der Waals surface area contributed by atoms with Crippen LogP contribution in [0.15, 0.2) is 41.4 Å². The summed E-state index contributed by atoms with van der Waals surface area (Å²) in [5.74, 6) is 1.51. The number of fused-ring (bicyclic) bond motifs is 3. The first-order valence-corrected chi connectivity index (χ1v) is 10.9. The van der Waals surface area contributed by atoms with Crippen molar-refractivity contribution in [2.75, 3.05) is 40.5 Å². The van der Waals surface area contributed by atoms with Gasteiger partial charge in [0, 0.05) is 23.6 Å². The molecule has 0 spiro atoms. The van der Waals surface area contributed by atoms with Gasteiger partial charge in [-0.25, -0.2) is 4.79 Å². The Balaban J connectivity index is 1.83. The molecule has 2 aromatic rings. The van der Waals surface area contributed by atoms with Gasteiger partial charge in [-0.05, 0) is 63.7 Å². The van der Waals surface area contributed by atoms with Gasteiger partial charge in [-0.1, -0.05) is 12.1 Å². The fourth-order valence-corrected chi connectivity index (χ4v) is 4.53. The molecule has 1 saturated heterocycles. The quantitative estimate of drug-likeness (QED) is 0.661. The van der Waals surface area contributed by atoms with E-state index in [1.807, 2.05) is 26.0 Å². The molecule has 0 unspecified atom stereocenters. The molecule has 0 aliphatic carbocycles. The first kappa shape index (κ1) is 21.4. The van der Waals surface area contributed by atoms with Gasteiger partial charge in [-0.2, -0.15) is 0 Å². The number of esters is 1. The zero-order valence-electron chi connectivity index (χ0n) is 18.7. The normalized spacial score (nSPS) is 20.3. The van der Waals surface area contributed by atoms with Crippen LogP contribution in [0.2, 0.25) is 0 Å². The summed E-state index contributed by atoms with van der Waals surface area (Å²) in [7, 11) is 3.56. The lowest BCUT2D eigenvalue weighted by Crippen LogP contribution is -2.41. The largest absolute Gasteiger partial charge is 0.490 e. The van der Waals surface area contributed by atoms with Gasteiger partial charge in [-0.3, -0.25) is 4.99 Å². The topological polar surface area (TPSA) is 60.4 Å². The fraction of sp³-hybridized carbons (Fsp3) is 0.440. The predicted octanol–water partition coefficient (Wildman–Crippen LogP) is 3.91. The number of nitrogens with zero attached hydrogens (tertiary/aromatic N) is 2. The van der Waals surface area contributed by atoms with Crippen molar-refractivity contribution in [3.05, 3.63) is 58.7 Å². The molecular formula is C25H30N2O4. The number of carbonyl (C=O) groups excluding carboxylic acids is 1. The van der Waals surface area contributed by atoms with Crippen molar-refractivity contribution in [2.24, 2.45) is 4.99 Å². The summed E-state index contributed by atoms with van der Waals surface area (Å²) in [6.45, 7) is 7.11. The van der Waals surface area contributed by atoms with E-state index in [0.29, 0.717) is 24.7 Å².